The van der Waals surface area contributed by atoms with Crippen molar-refractivity contribution in [3.8, 4) is 0 Å². The van der Waals surface area contributed by atoms with Gasteiger partial charge in [-0.05, 0) is 5.92 Å². The largest absolute Gasteiger partial charge is 0.294 e. The molecular formula is C11H12N6O2S. The highest BCUT2D eigenvalue weighted by molar-refractivity contribution is 8.13. The number of nitrogens with one attached hydrogen (secondary N) is 1. The number of hydrogen-bond acceptors (Lipinski definition) is 7. The average molecular weight is 292 g/mol. The fourth-order valence-corrected chi connectivity index (χ4v) is 2.89. The van der Waals surface area contributed by atoms with Crippen LogP contribution in [0, 0.1) is 5.92 Å². The van der Waals surface area contributed by atoms with Gasteiger partial charge in [-0.1, -0.05) is 11.8 Å². The van der Waals surface area contributed by atoms with E-state index in [2.05, 4.69) is 25.4 Å². The van der Waals surface area contributed by atoms with Crippen LogP contribution in [-0.4, -0.2) is 48.7 Å². The Morgan fingerprint density at radius 1 is 1.50 bits per heavy atom. The lowest BCUT2D eigenvalue weighted by atomic mass is 10.1. The van der Waals surface area contributed by atoms with Crippen molar-refractivity contribution in [3.63, 3.8) is 0 Å². The number of rotatable bonds is 3. The Bertz CT molecular complexity index is 672. The van der Waals surface area contributed by atoms with Crippen molar-refractivity contribution >= 4 is 39.8 Å². The van der Waals surface area contributed by atoms with Gasteiger partial charge in [-0.3, -0.25) is 14.5 Å². The number of H-pyrrole nitrogens is 1. The number of thioether (sulfide) groups is 1. The van der Waals surface area contributed by atoms with Crippen molar-refractivity contribution in [2.75, 3.05) is 17.2 Å². The molecule has 1 N–H and O–H groups in total. The minimum atomic E-state index is -0.0119. The summed E-state index contributed by atoms with van der Waals surface area (Å²) in [6.45, 7) is 2.07. The van der Waals surface area contributed by atoms with Gasteiger partial charge in [-0.15, -0.1) is 5.10 Å². The lowest BCUT2D eigenvalue weighted by Gasteiger charge is -2.14. The van der Waals surface area contributed by atoms with Gasteiger partial charge in [-0.25, -0.2) is 9.97 Å². The van der Waals surface area contributed by atoms with Crippen molar-refractivity contribution in [1.29, 1.82) is 0 Å². The first kappa shape index (κ1) is 13.0. The van der Waals surface area contributed by atoms with Crippen LogP contribution in [0.3, 0.4) is 0 Å². The van der Waals surface area contributed by atoms with Crippen LogP contribution in [0.25, 0.3) is 11.2 Å². The van der Waals surface area contributed by atoms with Crippen LogP contribution in [-0.2, 0) is 9.59 Å². The molecule has 1 amide bonds. The molecule has 20 heavy (non-hydrogen) atoms. The van der Waals surface area contributed by atoms with Crippen LogP contribution >= 0.6 is 11.8 Å². The Morgan fingerprint density at radius 3 is 3.15 bits per heavy atom. The zero-order valence-corrected chi connectivity index (χ0v) is 11.6. The summed E-state index contributed by atoms with van der Waals surface area (Å²) in [5, 5.41) is 10.4. The Labute approximate surface area is 118 Å². The summed E-state index contributed by atoms with van der Waals surface area (Å²) < 4.78 is 0. The topological polar surface area (TPSA) is 105 Å². The van der Waals surface area contributed by atoms with Gasteiger partial charge in [0.05, 0.1) is 0 Å². The molecule has 1 fully saturated rings. The normalized spacial score (nSPS) is 18.9. The molecule has 0 saturated carbocycles. The lowest BCUT2D eigenvalue weighted by Crippen LogP contribution is -2.26. The van der Waals surface area contributed by atoms with Crippen LogP contribution in [0.5, 0.6) is 0 Å². The highest BCUT2D eigenvalue weighted by Crippen LogP contribution is 2.28. The van der Waals surface area contributed by atoms with Gasteiger partial charge in [0.1, 0.15) is 6.33 Å². The molecule has 0 aromatic carbocycles. The molecule has 3 rings (SSSR count). The maximum atomic E-state index is 12.1. The predicted octanol–water partition coefficient (Wildman–Crippen LogP) is 0.380. The Kier molecular flexibility index (Phi) is 3.35. The molecule has 1 aliphatic heterocycles. The second-order valence-electron chi connectivity index (χ2n) is 4.57. The fourth-order valence-electron chi connectivity index (χ4n) is 2.20. The quantitative estimate of drug-likeness (QED) is 0.871. The highest BCUT2D eigenvalue weighted by Gasteiger charge is 2.33. The number of anilines is 1. The summed E-state index contributed by atoms with van der Waals surface area (Å²) in [7, 11) is 0. The van der Waals surface area contributed by atoms with Crippen molar-refractivity contribution < 1.29 is 9.59 Å². The SMILES string of the molecule is CC(=O)SCC1CC(=O)N(c2ncnc3n[nH]nc23)C1. The second kappa shape index (κ2) is 5.16. The van der Waals surface area contributed by atoms with E-state index >= 15 is 0 Å². The molecule has 2 aromatic heterocycles. The van der Waals surface area contributed by atoms with Crippen LogP contribution in [0.4, 0.5) is 5.82 Å². The molecule has 0 bridgehead atoms. The monoisotopic (exact) mass is 292 g/mol. The third-order valence-corrected chi connectivity index (χ3v) is 4.13. The van der Waals surface area contributed by atoms with Crippen molar-refractivity contribution in [2.45, 2.75) is 13.3 Å². The third-order valence-electron chi connectivity index (χ3n) is 3.08. The van der Waals surface area contributed by atoms with E-state index in [1.165, 1.54) is 25.0 Å². The van der Waals surface area contributed by atoms with Crippen LogP contribution < -0.4 is 4.90 Å². The molecule has 1 aliphatic rings. The highest BCUT2D eigenvalue weighted by atomic mass is 32.2. The van der Waals surface area contributed by atoms with Gasteiger partial charge < -0.3 is 0 Å². The number of amides is 1. The van der Waals surface area contributed by atoms with Gasteiger partial charge in [0.2, 0.25) is 11.6 Å². The van der Waals surface area contributed by atoms with E-state index in [0.29, 0.717) is 35.7 Å². The van der Waals surface area contributed by atoms with E-state index in [0.717, 1.165) is 0 Å². The summed E-state index contributed by atoms with van der Waals surface area (Å²) in [5.74, 6) is 1.25. The van der Waals surface area contributed by atoms with E-state index in [1.54, 1.807) is 4.90 Å². The molecule has 0 radical (unpaired) electrons. The molecular weight excluding hydrogens is 280 g/mol. The van der Waals surface area contributed by atoms with Crippen LogP contribution in [0.15, 0.2) is 6.33 Å². The van der Waals surface area contributed by atoms with Gasteiger partial charge in [0, 0.05) is 25.6 Å². The molecule has 1 unspecified atom stereocenters. The van der Waals surface area contributed by atoms with E-state index in [4.69, 9.17) is 0 Å². The van der Waals surface area contributed by atoms with Crippen LogP contribution in [0.2, 0.25) is 0 Å². The number of carbonyl (C=O) groups excluding carboxylic acids is 2. The molecule has 1 atom stereocenters. The molecule has 104 valence electrons. The summed E-state index contributed by atoms with van der Waals surface area (Å²) in [6, 6.07) is 0. The molecule has 0 aliphatic carbocycles. The Hall–Kier alpha value is -2.03. The predicted molar refractivity (Wildman–Crippen MR) is 73.1 cm³/mol. The third kappa shape index (κ3) is 2.36. The van der Waals surface area contributed by atoms with Crippen molar-refractivity contribution in [2.24, 2.45) is 5.92 Å². The van der Waals surface area contributed by atoms with Gasteiger partial charge >= 0.3 is 0 Å². The number of fused-ring (bicyclic) bond motifs is 1. The molecule has 8 nitrogen and oxygen atoms in total. The first-order valence-electron chi connectivity index (χ1n) is 6.10. The number of hydrogen-bond donors (Lipinski definition) is 1. The van der Waals surface area contributed by atoms with Crippen LogP contribution in [0.1, 0.15) is 13.3 Å². The van der Waals surface area contributed by atoms with Gasteiger partial charge in [-0.2, -0.15) is 10.3 Å². The summed E-state index contributed by atoms with van der Waals surface area (Å²) in [4.78, 5) is 32.8. The number of carbonyl (C=O) groups is 2. The summed E-state index contributed by atoms with van der Waals surface area (Å²) in [5.41, 5.74) is 0.921. The zero-order valence-electron chi connectivity index (χ0n) is 10.7. The second-order valence-corrected chi connectivity index (χ2v) is 5.77. The smallest absolute Gasteiger partial charge is 0.228 e. The maximum absolute atomic E-state index is 12.1. The Morgan fingerprint density at radius 2 is 2.35 bits per heavy atom. The van der Waals surface area contributed by atoms with Gasteiger partial charge in [0.15, 0.2) is 16.4 Å². The van der Waals surface area contributed by atoms with Gasteiger partial charge in [0.25, 0.3) is 0 Å². The summed E-state index contributed by atoms with van der Waals surface area (Å²) in [6.07, 6.45) is 1.79. The first-order valence-corrected chi connectivity index (χ1v) is 7.09. The number of nitrogens with zero attached hydrogens (tertiary/aromatic N) is 5. The molecule has 3 heterocycles. The standard InChI is InChI=1S/C11H12N6O2S/c1-6(18)20-4-7-2-8(19)17(3-7)11-9-10(12-5-13-11)15-16-14-9/h5,7H,2-4H2,1H3,(H,12,13,14,15,16). The van der Waals surface area contributed by atoms with E-state index in [-0.39, 0.29) is 16.9 Å². The van der Waals surface area contributed by atoms with E-state index in [1.807, 2.05) is 0 Å². The summed E-state index contributed by atoms with van der Waals surface area (Å²) >= 11 is 1.25. The average Bonchev–Trinajstić information content (AvgIpc) is 3.02. The maximum Gasteiger partial charge on any atom is 0.228 e. The molecule has 1 saturated heterocycles. The Balaban J connectivity index is 1.82. The van der Waals surface area contributed by atoms with Crippen molar-refractivity contribution in [1.82, 2.24) is 25.4 Å². The lowest BCUT2D eigenvalue weighted by molar-refractivity contribution is -0.117. The number of aromatic amines is 1. The number of aromatic nitrogens is 5. The van der Waals surface area contributed by atoms with E-state index < -0.39 is 0 Å². The molecule has 2 aromatic rings. The van der Waals surface area contributed by atoms with Crippen molar-refractivity contribution in [3.05, 3.63) is 6.33 Å². The molecule has 9 heteroatoms. The minimum absolute atomic E-state index is 0.0119. The van der Waals surface area contributed by atoms with E-state index in [9.17, 15) is 9.59 Å². The molecule has 0 spiro atoms. The fraction of sp³-hybridized carbons (Fsp3) is 0.455. The minimum Gasteiger partial charge on any atom is -0.294 e. The zero-order chi connectivity index (χ0) is 14.1. The first-order chi connectivity index (χ1) is 9.65.